The number of carbonyl (C=O) groups excluding carboxylic acids is 1. The molecule has 1 unspecified atom stereocenters. The van der Waals surface area contributed by atoms with Crippen molar-refractivity contribution in [2.45, 2.75) is 26.6 Å². The molecule has 0 saturated heterocycles. The van der Waals surface area contributed by atoms with Gasteiger partial charge in [0, 0.05) is 0 Å². The molecule has 26 heavy (non-hydrogen) atoms. The molecular weight excluding hydrogens is 334 g/mol. The maximum absolute atomic E-state index is 11.6. The summed E-state index contributed by atoms with van der Waals surface area (Å²) in [6.45, 7) is 4.02. The summed E-state index contributed by atoms with van der Waals surface area (Å²) >= 11 is 0. The molecule has 0 heterocycles. The predicted octanol–water partition coefficient (Wildman–Crippen LogP) is 3.15. The van der Waals surface area contributed by atoms with Gasteiger partial charge in [-0.25, -0.2) is 4.79 Å². The van der Waals surface area contributed by atoms with Crippen LogP contribution in [0.25, 0.3) is 0 Å². The molecule has 2 aromatic rings. The molecule has 0 amide bonds. The molecular formula is C20H23NO5. The van der Waals surface area contributed by atoms with E-state index >= 15 is 0 Å². The largest absolute Gasteiger partial charge is 0.489 e. The van der Waals surface area contributed by atoms with Crippen molar-refractivity contribution in [3.05, 3.63) is 64.7 Å². The minimum Gasteiger partial charge on any atom is -0.489 e. The highest BCUT2D eigenvalue weighted by molar-refractivity contribution is 5.98. The molecule has 6 nitrogen and oxygen atoms in total. The van der Waals surface area contributed by atoms with Gasteiger partial charge < -0.3 is 19.4 Å². The number of carbonyl (C=O) groups is 1. The van der Waals surface area contributed by atoms with Crippen molar-refractivity contribution >= 4 is 11.7 Å². The van der Waals surface area contributed by atoms with Gasteiger partial charge in [0.05, 0.1) is 12.8 Å². The van der Waals surface area contributed by atoms with Gasteiger partial charge in [-0.1, -0.05) is 29.4 Å². The Balaban J connectivity index is 2.17. The average Bonchev–Trinajstić information content (AvgIpc) is 2.66. The van der Waals surface area contributed by atoms with Crippen molar-refractivity contribution in [3.63, 3.8) is 0 Å². The molecule has 0 fully saturated rings. The van der Waals surface area contributed by atoms with Crippen molar-refractivity contribution in [1.82, 2.24) is 0 Å². The highest BCUT2D eigenvalue weighted by atomic mass is 16.6. The first-order valence-electron chi connectivity index (χ1n) is 8.13. The summed E-state index contributed by atoms with van der Waals surface area (Å²) < 4.78 is 10.5. The van der Waals surface area contributed by atoms with Crippen LogP contribution in [0.5, 0.6) is 5.75 Å². The lowest BCUT2D eigenvalue weighted by atomic mass is 10.0. The molecule has 2 rings (SSSR count). The fourth-order valence-corrected chi connectivity index (χ4v) is 2.55. The monoisotopic (exact) mass is 357 g/mol. The Bertz CT molecular complexity index is 801. The molecule has 2 aromatic carbocycles. The first-order chi connectivity index (χ1) is 12.5. The number of aliphatic hydroxyl groups excluding tert-OH is 1. The number of rotatable bonds is 7. The first-order valence-corrected chi connectivity index (χ1v) is 8.13. The number of nitrogens with zero attached hydrogens (tertiary/aromatic N) is 1. The minimum atomic E-state index is -1.34. The van der Waals surface area contributed by atoms with E-state index in [-0.39, 0.29) is 6.61 Å². The van der Waals surface area contributed by atoms with Crippen LogP contribution in [0.4, 0.5) is 0 Å². The van der Waals surface area contributed by atoms with Crippen LogP contribution in [0.3, 0.4) is 0 Å². The zero-order chi connectivity index (χ0) is 19.1. The Hall–Kier alpha value is -2.86. The normalized spacial score (nSPS) is 12.4. The molecule has 0 aromatic heterocycles. The number of aryl methyl sites for hydroxylation is 1. The second kappa shape index (κ2) is 9.01. The molecule has 0 saturated carbocycles. The van der Waals surface area contributed by atoms with Crippen molar-refractivity contribution in [1.29, 1.82) is 0 Å². The van der Waals surface area contributed by atoms with Crippen LogP contribution < -0.4 is 4.74 Å². The Labute approximate surface area is 153 Å². The van der Waals surface area contributed by atoms with E-state index < -0.39 is 12.1 Å². The Morgan fingerprint density at radius 1 is 1.19 bits per heavy atom. The maximum atomic E-state index is 11.6. The highest BCUT2D eigenvalue weighted by Crippen LogP contribution is 2.24. The molecule has 0 aliphatic rings. The van der Waals surface area contributed by atoms with Crippen LogP contribution in [0.2, 0.25) is 0 Å². The first kappa shape index (κ1) is 19.5. The summed E-state index contributed by atoms with van der Waals surface area (Å²) in [6.07, 6.45) is -1.34. The zero-order valence-corrected chi connectivity index (χ0v) is 15.4. The third-order valence-electron chi connectivity index (χ3n) is 3.98. The van der Waals surface area contributed by atoms with E-state index in [1.54, 1.807) is 18.2 Å². The quantitative estimate of drug-likeness (QED) is 0.468. The molecule has 0 radical (unpaired) electrons. The smallest absolute Gasteiger partial charge is 0.339 e. The van der Waals surface area contributed by atoms with Crippen LogP contribution >= 0.6 is 0 Å². The Morgan fingerprint density at radius 2 is 1.92 bits per heavy atom. The molecule has 0 aliphatic carbocycles. The van der Waals surface area contributed by atoms with Crippen LogP contribution in [0.1, 0.15) is 35.3 Å². The molecule has 1 atom stereocenters. The SMILES string of the molecule is CON=C(C)c1ccc(OCc2ccccc2C(O)C(=O)OC)c(C)c1. The lowest BCUT2D eigenvalue weighted by Gasteiger charge is -2.15. The van der Waals surface area contributed by atoms with Crippen LogP contribution in [-0.4, -0.2) is 31.0 Å². The van der Waals surface area contributed by atoms with Crippen molar-refractivity contribution in [2.75, 3.05) is 14.2 Å². The van der Waals surface area contributed by atoms with Gasteiger partial charge in [-0.2, -0.15) is 0 Å². The van der Waals surface area contributed by atoms with E-state index in [1.165, 1.54) is 14.2 Å². The molecule has 0 aliphatic heterocycles. The minimum absolute atomic E-state index is 0.218. The number of methoxy groups -OCH3 is 1. The molecule has 1 N–H and O–H groups in total. The van der Waals surface area contributed by atoms with E-state index in [4.69, 9.17) is 9.57 Å². The summed E-state index contributed by atoms with van der Waals surface area (Å²) in [7, 11) is 2.75. The summed E-state index contributed by atoms with van der Waals surface area (Å²) in [5.74, 6) is 0.00668. The third-order valence-corrected chi connectivity index (χ3v) is 3.98. The van der Waals surface area contributed by atoms with Crippen molar-refractivity contribution < 1.29 is 24.2 Å². The van der Waals surface area contributed by atoms with Gasteiger partial charge in [-0.3, -0.25) is 0 Å². The van der Waals surface area contributed by atoms with Gasteiger partial charge in [0.2, 0.25) is 0 Å². The number of ether oxygens (including phenoxy) is 2. The van der Waals surface area contributed by atoms with E-state index in [1.807, 2.05) is 38.1 Å². The lowest BCUT2D eigenvalue weighted by molar-refractivity contribution is -0.150. The number of benzene rings is 2. The van der Waals surface area contributed by atoms with Crippen molar-refractivity contribution in [3.8, 4) is 5.75 Å². The number of hydrogen-bond donors (Lipinski definition) is 1. The summed E-state index contributed by atoms with van der Waals surface area (Å²) in [4.78, 5) is 16.4. The lowest BCUT2D eigenvalue weighted by Crippen LogP contribution is -2.16. The fourth-order valence-electron chi connectivity index (χ4n) is 2.55. The maximum Gasteiger partial charge on any atom is 0.339 e. The zero-order valence-electron chi connectivity index (χ0n) is 15.4. The highest BCUT2D eigenvalue weighted by Gasteiger charge is 2.21. The van der Waals surface area contributed by atoms with E-state index in [0.29, 0.717) is 16.9 Å². The van der Waals surface area contributed by atoms with Gasteiger partial charge in [0.25, 0.3) is 0 Å². The number of oxime groups is 1. The van der Waals surface area contributed by atoms with Crippen LogP contribution in [-0.2, 0) is 21.0 Å². The Kier molecular flexibility index (Phi) is 6.74. The molecule has 138 valence electrons. The average molecular weight is 357 g/mol. The fraction of sp³-hybridized carbons (Fsp3) is 0.300. The van der Waals surface area contributed by atoms with Crippen LogP contribution in [0, 0.1) is 6.92 Å². The molecule has 0 bridgehead atoms. The molecule has 6 heteroatoms. The van der Waals surface area contributed by atoms with Gasteiger partial charge >= 0.3 is 5.97 Å². The summed E-state index contributed by atoms with van der Waals surface area (Å²) in [5, 5.41) is 14.0. The van der Waals surface area contributed by atoms with Gasteiger partial charge in [-0.15, -0.1) is 0 Å². The topological polar surface area (TPSA) is 77.4 Å². The third kappa shape index (κ3) is 4.61. The van der Waals surface area contributed by atoms with E-state index in [9.17, 15) is 9.90 Å². The van der Waals surface area contributed by atoms with Gasteiger partial charge in [-0.05, 0) is 54.3 Å². The van der Waals surface area contributed by atoms with Crippen LogP contribution in [0.15, 0.2) is 47.6 Å². The second-order valence-electron chi connectivity index (χ2n) is 5.75. The van der Waals surface area contributed by atoms with E-state index in [0.717, 1.165) is 16.8 Å². The van der Waals surface area contributed by atoms with Gasteiger partial charge in [0.15, 0.2) is 6.10 Å². The number of hydrogen-bond acceptors (Lipinski definition) is 6. The van der Waals surface area contributed by atoms with E-state index in [2.05, 4.69) is 9.89 Å². The summed E-state index contributed by atoms with van der Waals surface area (Å²) in [6, 6.07) is 12.8. The standard InChI is InChI=1S/C20H23NO5/c1-13-11-15(14(2)21-25-4)9-10-18(13)26-12-16-7-5-6-8-17(16)19(22)20(23)24-3/h5-11,19,22H,12H2,1-4H3. The number of esters is 1. The van der Waals surface area contributed by atoms with Crippen molar-refractivity contribution in [2.24, 2.45) is 5.16 Å². The second-order valence-corrected chi connectivity index (χ2v) is 5.75. The number of aliphatic hydroxyl groups is 1. The summed E-state index contributed by atoms with van der Waals surface area (Å²) in [5.41, 5.74) is 3.84. The predicted molar refractivity (Wildman–Crippen MR) is 98.1 cm³/mol. The van der Waals surface area contributed by atoms with Gasteiger partial charge in [0.1, 0.15) is 19.5 Å². The molecule has 0 spiro atoms. The Morgan fingerprint density at radius 3 is 2.58 bits per heavy atom.